The summed E-state index contributed by atoms with van der Waals surface area (Å²) in [5.74, 6) is -1.08. The first-order chi connectivity index (χ1) is 20.4. The first kappa shape index (κ1) is 31.0. The summed E-state index contributed by atoms with van der Waals surface area (Å²) in [7, 11) is 0. The van der Waals surface area contributed by atoms with Crippen molar-refractivity contribution in [2.75, 3.05) is 18.9 Å². The third-order valence-corrected chi connectivity index (χ3v) is 7.56. The van der Waals surface area contributed by atoms with Gasteiger partial charge in [-0.25, -0.2) is 14.6 Å². The van der Waals surface area contributed by atoms with Crippen LogP contribution in [0.3, 0.4) is 0 Å². The Balaban J connectivity index is 1.43. The second kappa shape index (κ2) is 15.3. The van der Waals surface area contributed by atoms with Gasteiger partial charge in [0.2, 0.25) is 0 Å². The number of aromatic carboxylic acids is 1. The fourth-order valence-electron chi connectivity index (χ4n) is 4.27. The van der Waals surface area contributed by atoms with Crippen LogP contribution in [0.25, 0.3) is 0 Å². The first-order valence-corrected chi connectivity index (χ1v) is 14.4. The van der Waals surface area contributed by atoms with Gasteiger partial charge in [0, 0.05) is 30.5 Å². The second-order valence-electron chi connectivity index (χ2n) is 9.41. The third-order valence-electron chi connectivity index (χ3n) is 6.43. The minimum atomic E-state index is -1.04. The predicted octanol–water partition coefficient (Wildman–Crippen LogP) is 3.97. The normalized spacial score (nSPS) is 18.2. The van der Waals surface area contributed by atoms with Crippen LogP contribution in [0.15, 0.2) is 71.9 Å². The van der Waals surface area contributed by atoms with Crippen molar-refractivity contribution in [1.29, 1.82) is 0 Å². The minimum Gasteiger partial charge on any atom is -0.478 e. The zero-order chi connectivity index (χ0) is 29.9. The van der Waals surface area contributed by atoms with Gasteiger partial charge in [0.1, 0.15) is 11.6 Å². The smallest absolute Gasteiger partial charge is 0.338 e. The molecule has 42 heavy (non-hydrogen) atoms. The van der Waals surface area contributed by atoms with Gasteiger partial charge in [-0.2, -0.15) is 0 Å². The van der Waals surface area contributed by atoms with Crippen LogP contribution in [0.5, 0.6) is 0 Å². The molecule has 3 atom stereocenters. The van der Waals surface area contributed by atoms with E-state index in [4.69, 9.17) is 14.2 Å². The number of nitrogens with zero attached hydrogens (tertiary/aromatic N) is 1. The lowest BCUT2D eigenvalue weighted by molar-refractivity contribution is -0.245. The lowest BCUT2D eigenvalue weighted by atomic mass is 10.0. The number of nitrogens with one attached hydrogen (secondary N) is 2. The maximum atomic E-state index is 12.0. The highest BCUT2D eigenvalue weighted by Crippen LogP contribution is 2.39. The summed E-state index contributed by atoms with van der Waals surface area (Å²) in [5.41, 5.74) is 3.49. The molecular formula is C30H33N3O8S. The number of amides is 2. The number of carbonyl (C=O) groups is 3. The fraction of sp³-hybridized carbons (Fsp3) is 0.333. The number of pyridine rings is 1. The number of carboxylic acids is 1. The van der Waals surface area contributed by atoms with E-state index in [2.05, 4.69) is 15.6 Å². The number of rotatable bonds is 12. The number of aliphatic hydroxyl groups is 1. The summed E-state index contributed by atoms with van der Waals surface area (Å²) < 4.78 is 17.5. The van der Waals surface area contributed by atoms with Gasteiger partial charge in [-0.3, -0.25) is 4.79 Å². The lowest BCUT2D eigenvalue weighted by Gasteiger charge is -2.36. The molecule has 0 radical (unpaired) electrons. The van der Waals surface area contributed by atoms with Gasteiger partial charge in [-0.1, -0.05) is 48.5 Å². The maximum Gasteiger partial charge on any atom is 0.338 e. The molecule has 2 amide bonds. The molecule has 0 spiro atoms. The summed E-state index contributed by atoms with van der Waals surface area (Å²) in [4.78, 5) is 39.3. The van der Waals surface area contributed by atoms with Crippen molar-refractivity contribution >= 4 is 29.7 Å². The van der Waals surface area contributed by atoms with Crippen LogP contribution in [0.4, 0.5) is 4.79 Å². The number of urea groups is 1. The van der Waals surface area contributed by atoms with E-state index >= 15 is 0 Å². The van der Waals surface area contributed by atoms with Crippen molar-refractivity contribution in [2.45, 2.75) is 50.0 Å². The lowest BCUT2D eigenvalue weighted by Crippen LogP contribution is -2.38. The highest BCUT2D eigenvalue weighted by molar-refractivity contribution is 7.99. The molecule has 12 heteroatoms. The Morgan fingerprint density at radius 1 is 1.00 bits per heavy atom. The summed E-state index contributed by atoms with van der Waals surface area (Å²) in [6.07, 6.45) is 0.845. The van der Waals surface area contributed by atoms with E-state index in [9.17, 15) is 24.6 Å². The molecule has 222 valence electrons. The zero-order valence-corrected chi connectivity index (χ0v) is 23.8. The quantitative estimate of drug-likeness (QED) is 0.178. The number of ether oxygens (including phenoxy) is 3. The Morgan fingerprint density at radius 2 is 1.71 bits per heavy atom. The molecule has 1 aliphatic heterocycles. The number of benzene rings is 2. The van der Waals surface area contributed by atoms with Crippen LogP contribution < -0.4 is 10.6 Å². The third kappa shape index (κ3) is 8.76. The van der Waals surface area contributed by atoms with Gasteiger partial charge >= 0.3 is 18.0 Å². The van der Waals surface area contributed by atoms with Crippen LogP contribution in [-0.2, 0) is 32.2 Å². The van der Waals surface area contributed by atoms with Crippen LogP contribution in [0.1, 0.15) is 58.4 Å². The number of aromatic nitrogens is 1. The molecule has 2 heterocycles. The van der Waals surface area contributed by atoms with Crippen molar-refractivity contribution in [3.63, 3.8) is 0 Å². The SMILES string of the molecule is CCOC(=O)CNC(=O)NCc1ccc([C@@H]2O[C@H](CSc3ncccc3C(=O)O)C[C@H](c3ccc(CO)cc3)O2)cc1. The number of aliphatic hydroxyl groups excluding tert-OH is 1. The zero-order valence-electron chi connectivity index (χ0n) is 23.0. The number of carbonyl (C=O) groups excluding carboxylic acids is 2. The number of carboxylic acid groups (broad SMARTS) is 1. The van der Waals surface area contributed by atoms with Crippen molar-refractivity contribution in [2.24, 2.45) is 0 Å². The molecule has 1 saturated heterocycles. The molecular weight excluding hydrogens is 562 g/mol. The predicted molar refractivity (Wildman–Crippen MR) is 154 cm³/mol. The standard InChI is InChI=1S/C30H33N3O8S/c1-2-39-26(35)16-33-30(38)32-15-19-5-11-22(12-6-19)29-40-23(18-42-27-24(28(36)37)4-3-13-31-27)14-25(41-29)21-9-7-20(17-34)8-10-21/h3-13,23,25,29,34H,2,14-18H2,1H3,(H,36,37)(H2,32,33,38)/t23-,25+,29+/m0/s1. The Kier molecular flexibility index (Phi) is 11.3. The average Bonchev–Trinajstić information content (AvgIpc) is 3.02. The van der Waals surface area contributed by atoms with Crippen molar-refractivity contribution in [1.82, 2.24) is 15.6 Å². The summed E-state index contributed by atoms with van der Waals surface area (Å²) in [5, 5.41) is 24.5. The molecule has 2 aromatic carbocycles. The van der Waals surface area contributed by atoms with Crippen molar-refractivity contribution < 1.29 is 38.8 Å². The maximum absolute atomic E-state index is 12.0. The molecule has 0 saturated carbocycles. The Labute approximate surface area is 247 Å². The van der Waals surface area contributed by atoms with Crippen LogP contribution >= 0.6 is 11.8 Å². The van der Waals surface area contributed by atoms with E-state index in [1.807, 2.05) is 48.5 Å². The van der Waals surface area contributed by atoms with Gasteiger partial charge in [-0.05, 0) is 35.7 Å². The molecule has 1 fully saturated rings. The van der Waals surface area contributed by atoms with Gasteiger partial charge in [-0.15, -0.1) is 11.8 Å². The monoisotopic (exact) mass is 595 g/mol. The average molecular weight is 596 g/mol. The van der Waals surface area contributed by atoms with E-state index < -0.39 is 24.3 Å². The fourth-order valence-corrected chi connectivity index (χ4v) is 5.27. The second-order valence-corrected chi connectivity index (χ2v) is 10.4. The largest absolute Gasteiger partial charge is 0.478 e. The molecule has 0 unspecified atom stereocenters. The van der Waals surface area contributed by atoms with Crippen LogP contribution in [-0.4, -0.2) is 58.2 Å². The molecule has 11 nitrogen and oxygen atoms in total. The first-order valence-electron chi connectivity index (χ1n) is 13.4. The molecule has 0 aliphatic carbocycles. The number of hydrogen-bond donors (Lipinski definition) is 4. The van der Waals surface area contributed by atoms with Crippen molar-refractivity contribution in [3.8, 4) is 0 Å². The van der Waals surface area contributed by atoms with Crippen LogP contribution in [0.2, 0.25) is 0 Å². The number of hydrogen-bond acceptors (Lipinski definition) is 9. The molecule has 4 rings (SSSR count). The van der Waals surface area contributed by atoms with Gasteiger partial charge in [0.15, 0.2) is 6.29 Å². The molecule has 3 aromatic rings. The van der Waals surface area contributed by atoms with Gasteiger partial charge < -0.3 is 35.1 Å². The highest BCUT2D eigenvalue weighted by atomic mass is 32.2. The van der Waals surface area contributed by atoms with Gasteiger partial charge in [0.25, 0.3) is 0 Å². The van der Waals surface area contributed by atoms with E-state index in [-0.39, 0.29) is 44.1 Å². The summed E-state index contributed by atoms with van der Waals surface area (Å²) in [6, 6.07) is 17.6. The summed E-state index contributed by atoms with van der Waals surface area (Å²) in [6.45, 7) is 1.92. The Morgan fingerprint density at radius 3 is 2.40 bits per heavy atom. The number of thioether (sulfide) groups is 1. The van der Waals surface area contributed by atoms with Crippen LogP contribution in [0, 0.1) is 0 Å². The van der Waals surface area contributed by atoms with E-state index in [0.717, 1.165) is 22.3 Å². The van der Waals surface area contributed by atoms with Crippen molar-refractivity contribution in [3.05, 3.63) is 94.7 Å². The number of esters is 1. The Hall–Kier alpha value is -3.97. The van der Waals surface area contributed by atoms with Gasteiger partial charge in [0.05, 0.1) is 31.0 Å². The molecule has 0 bridgehead atoms. The Bertz CT molecular complexity index is 1350. The molecule has 1 aliphatic rings. The van der Waals surface area contributed by atoms with E-state index in [0.29, 0.717) is 17.2 Å². The minimum absolute atomic E-state index is 0.0545. The topological polar surface area (TPSA) is 156 Å². The highest BCUT2D eigenvalue weighted by Gasteiger charge is 2.32. The summed E-state index contributed by atoms with van der Waals surface area (Å²) >= 11 is 1.32. The van der Waals surface area contributed by atoms with E-state index in [1.165, 1.54) is 17.8 Å². The van der Waals surface area contributed by atoms with E-state index in [1.54, 1.807) is 19.2 Å². The molecule has 4 N–H and O–H groups in total. The molecule has 1 aromatic heterocycles.